The lowest BCUT2D eigenvalue weighted by atomic mass is 10.2. The van der Waals surface area contributed by atoms with Gasteiger partial charge in [0, 0.05) is 15.1 Å². The summed E-state index contributed by atoms with van der Waals surface area (Å²) >= 11 is 19.2. The van der Waals surface area contributed by atoms with E-state index >= 15 is 0 Å². The molecule has 0 aliphatic carbocycles. The van der Waals surface area contributed by atoms with E-state index in [1.807, 2.05) is 18.2 Å². The molecule has 1 aliphatic rings. The van der Waals surface area contributed by atoms with E-state index in [1.165, 1.54) is 11.8 Å². The third-order valence-electron chi connectivity index (χ3n) is 4.11. The van der Waals surface area contributed by atoms with Crippen molar-refractivity contribution in [3.8, 4) is 0 Å². The molecule has 3 aromatic rings. The number of rotatable bonds is 3. The molecule has 1 amide bonds. The zero-order valence-corrected chi connectivity index (χ0v) is 17.9. The SMILES string of the molecule is O=C1/C(=C/c2ccc(Cl)cc2)SC(=Nc2ccc(Cl)cc2)N1c1ccc(Cl)cc1. The number of benzene rings is 3. The Morgan fingerprint density at radius 3 is 1.86 bits per heavy atom. The molecular weight excluding hydrogens is 447 g/mol. The smallest absolute Gasteiger partial charge is 0.268 e. The van der Waals surface area contributed by atoms with E-state index in [4.69, 9.17) is 34.8 Å². The normalized spacial score (nSPS) is 16.8. The summed E-state index contributed by atoms with van der Waals surface area (Å²) in [5.74, 6) is -0.153. The largest absolute Gasteiger partial charge is 0.271 e. The van der Waals surface area contributed by atoms with Crippen LogP contribution in [0.3, 0.4) is 0 Å². The van der Waals surface area contributed by atoms with Crippen molar-refractivity contribution < 1.29 is 4.79 Å². The first-order valence-electron chi connectivity index (χ1n) is 8.59. The van der Waals surface area contributed by atoms with Gasteiger partial charge in [0.15, 0.2) is 5.17 Å². The quantitative estimate of drug-likeness (QED) is 0.381. The van der Waals surface area contributed by atoms with Crippen LogP contribution in [0.15, 0.2) is 82.7 Å². The Labute approximate surface area is 187 Å². The maximum absolute atomic E-state index is 13.2. The molecule has 0 radical (unpaired) electrons. The number of aliphatic imine (C=N–C) groups is 1. The van der Waals surface area contributed by atoms with Gasteiger partial charge in [-0.1, -0.05) is 46.9 Å². The van der Waals surface area contributed by atoms with Gasteiger partial charge in [-0.15, -0.1) is 0 Å². The lowest BCUT2D eigenvalue weighted by molar-refractivity contribution is -0.113. The zero-order valence-electron chi connectivity index (χ0n) is 14.9. The maximum Gasteiger partial charge on any atom is 0.271 e. The molecule has 1 saturated heterocycles. The standard InChI is InChI=1S/C22H13Cl3N2OS/c23-15-3-1-14(2-4-15)13-20-21(28)27(19-11-7-17(25)8-12-19)22(29-20)26-18-9-5-16(24)6-10-18/h1-13H/b20-13-,26-22?. The number of anilines is 1. The highest BCUT2D eigenvalue weighted by atomic mass is 35.5. The summed E-state index contributed by atoms with van der Waals surface area (Å²) in [6.45, 7) is 0. The number of hydrogen-bond acceptors (Lipinski definition) is 3. The second kappa shape index (κ2) is 8.64. The Morgan fingerprint density at radius 1 is 0.759 bits per heavy atom. The molecule has 1 fully saturated rings. The number of hydrogen-bond donors (Lipinski definition) is 0. The van der Waals surface area contributed by atoms with Gasteiger partial charge in [-0.05, 0) is 84.1 Å². The van der Waals surface area contributed by atoms with Crippen molar-refractivity contribution in [2.45, 2.75) is 0 Å². The molecule has 7 heteroatoms. The minimum atomic E-state index is -0.153. The predicted octanol–water partition coefficient (Wildman–Crippen LogP) is 7.46. The van der Waals surface area contributed by atoms with Crippen LogP contribution >= 0.6 is 46.6 Å². The van der Waals surface area contributed by atoms with Gasteiger partial charge in [0.1, 0.15) is 0 Å². The van der Waals surface area contributed by atoms with Gasteiger partial charge >= 0.3 is 0 Å². The highest BCUT2D eigenvalue weighted by Gasteiger charge is 2.34. The Bertz CT molecular complexity index is 1110. The lowest BCUT2D eigenvalue weighted by Gasteiger charge is -2.15. The lowest BCUT2D eigenvalue weighted by Crippen LogP contribution is -2.28. The van der Waals surface area contributed by atoms with Crippen LogP contribution in [0.4, 0.5) is 11.4 Å². The fourth-order valence-corrected chi connectivity index (χ4v) is 4.08. The summed E-state index contributed by atoms with van der Waals surface area (Å²) in [5, 5.41) is 2.42. The van der Waals surface area contributed by atoms with Crippen LogP contribution in [0.1, 0.15) is 5.56 Å². The fraction of sp³-hybridized carbons (Fsp3) is 0. The molecule has 144 valence electrons. The first-order valence-corrected chi connectivity index (χ1v) is 10.5. The van der Waals surface area contributed by atoms with Gasteiger partial charge in [-0.25, -0.2) is 4.99 Å². The summed E-state index contributed by atoms with van der Waals surface area (Å²) < 4.78 is 0. The summed E-state index contributed by atoms with van der Waals surface area (Å²) in [5.41, 5.74) is 2.28. The molecule has 0 bridgehead atoms. The summed E-state index contributed by atoms with van der Waals surface area (Å²) in [6, 6.07) is 21.5. The van der Waals surface area contributed by atoms with Crippen LogP contribution in [-0.2, 0) is 4.79 Å². The molecule has 29 heavy (non-hydrogen) atoms. The number of nitrogens with zero attached hydrogens (tertiary/aromatic N) is 2. The van der Waals surface area contributed by atoms with Crippen molar-refractivity contribution in [3.63, 3.8) is 0 Å². The molecule has 3 nitrogen and oxygen atoms in total. The third-order valence-corrected chi connectivity index (χ3v) is 5.84. The van der Waals surface area contributed by atoms with Crippen LogP contribution in [0.25, 0.3) is 6.08 Å². The van der Waals surface area contributed by atoms with E-state index in [9.17, 15) is 4.79 Å². The molecule has 3 aromatic carbocycles. The van der Waals surface area contributed by atoms with Crippen molar-refractivity contribution >= 4 is 75.1 Å². The van der Waals surface area contributed by atoms with Crippen molar-refractivity contribution in [2.24, 2.45) is 4.99 Å². The maximum atomic E-state index is 13.2. The van der Waals surface area contributed by atoms with Crippen molar-refractivity contribution in [2.75, 3.05) is 4.90 Å². The molecule has 4 rings (SSSR count). The van der Waals surface area contributed by atoms with Crippen molar-refractivity contribution in [1.29, 1.82) is 0 Å². The van der Waals surface area contributed by atoms with Crippen LogP contribution < -0.4 is 4.90 Å². The number of thioether (sulfide) groups is 1. The molecule has 0 aromatic heterocycles. The molecule has 0 unspecified atom stereocenters. The van der Waals surface area contributed by atoms with Gasteiger partial charge in [-0.3, -0.25) is 9.69 Å². The number of amidine groups is 1. The number of amides is 1. The van der Waals surface area contributed by atoms with Gasteiger partial charge in [0.25, 0.3) is 5.91 Å². The third kappa shape index (κ3) is 4.68. The van der Waals surface area contributed by atoms with E-state index < -0.39 is 0 Å². The Balaban J connectivity index is 1.76. The van der Waals surface area contributed by atoms with E-state index in [0.29, 0.717) is 36.5 Å². The zero-order chi connectivity index (χ0) is 20.4. The van der Waals surface area contributed by atoms with Gasteiger partial charge in [0.05, 0.1) is 16.3 Å². The predicted molar refractivity (Wildman–Crippen MR) is 125 cm³/mol. The highest BCUT2D eigenvalue weighted by Crippen LogP contribution is 2.37. The minimum absolute atomic E-state index is 0.153. The summed E-state index contributed by atoms with van der Waals surface area (Å²) in [7, 11) is 0. The molecule has 0 atom stereocenters. The van der Waals surface area contributed by atoms with Crippen LogP contribution in [0.2, 0.25) is 15.1 Å². The summed E-state index contributed by atoms with van der Waals surface area (Å²) in [4.78, 5) is 20.0. The van der Waals surface area contributed by atoms with E-state index in [1.54, 1.807) is 65.6 Å². The van der Waals surface area contributed by atoms with Crippen LogP contribution in [-0.4, -0.2) is 11.1 Å². The van der Waals surface area contributed by atoms with E-state index in [2.05, 4.69) is 4.99 Å². The monoisotopic (exact) mass is 458 g/mol. The highest BCUT2D eigenvalue weighted by molar-refractivity contribution is 8.19. The Hall–Kier alpha value is -2.24. The van der Waals surface area contributed by atoms with E-state index in [0.717, 1.165) is 5.56 Å². The fourth-order valence-electron chi connectivity index (χ4n) is 2.70. The van der Waals surface area contributed by atoms with Gasteiger partial charge in [0.2, 0.25) is 0 Å². The minimum Gasteiger partial charge on any atom is -0.268 e. The van der Waals surface area contributed by atoms with Crippen molar-refractivity contribution in [3.05, 3.63) is 98.3 Å². The Morgan fingerprint density at radius 2 is 1.28 bits per heavy atom. The number of halogens is 3. The number of carbonyl (C=O) groups excluding carboxylic acids is 1. The first-order chi connectivity index (χ1) is 14.0. The molecule has 1 heterocycles. The van der Waals surface area contributed by atoms with Gasteiger partial charge in [-0.2, -0.15) is 0 Å². The second-order valence-corrected chi connectivity index (χ2v) is 8.47. The average Bonchev–Trinajstić information content (AvgIpc) is 3.01. The molecular formula is C22H13Cl3N2OS. The van der Waals surface area contributed by atoms with Crippen LogP contribution in [0, 0.1) is 0 Å². The van der Waals surface area contributed by atoms with Crippen LogP contribution in [0.5, 0.6) is 0 Å². The van der Waals surface area contributed by atoms with Gasteiger partial charge < -0.3 is 0 Å². The molecule has 0 saturated carbocycles. The molecule has 1 aliphatic heterocycles. The average molecular weight is 460 g/mol. The molecule has 0 N–H and O–H groups in total. The summed E-state index contributed by atoms with van der Waals surface area (Å²) in [6.07, 6.45) is 1.83. The first kappa shape index (κ1) is 20.0. The van der Waals surface area contributed by atoms with Crippen molar-refractivity contribution in [1.82, 2.24) is 0 Å². The second-order valence-electron chi connectivity index (χ2n) is 6.15. The topological polar surface area (TPSA) is 32.7 Å². The molecule has 0 spiro atoms. The Kier molecular flexibility index (Phi) is 5.97. The van der Waals surface area contributed by atoms with E-state index in [-0.39, 0.29) is 5.91 Å². The number of carbonyl (C=O) groups is 1.